The van der Waals surface area contributed by atoms with Crippen LogP contribution in [0, 0.1) is 6.92 Å². The van der Waals surface area contributed by atoms with Gasteiger partial charge in [0.1, 0.15) is 4.88 Å². The van der Waals surface area contributed by atoms with Gasteiger partial charge in [0.2, 0.25) is 0 Å². The van der Waals surface area contributed by atoms with Gasteiger partial charge in [-0.3, -0.25) is 0 Å². The predicted octanol–water partition coefficient (Wildman–Crippen LogP) is 3.77. The van der Waals surface area contributed by atoms with E-state index in [1.807, 2.05) is 31.2 Å². The Morgan fingerprint density at radius 2 is 2.00 bits per heavy atom. The summed E-state index contributed by atoms with van der Waals surface area (Å²) >= 11 is 1.22. The van der Waals surface area contributed by atoms with Crippen LogP contribution in [0.25, 0.3) is 11.3 Å². The van der Waals surface area contributed by atoms with Gasteiger partial charge in [-0.2, -0.15) is 0 Å². The van der Waals surface area contributed by atoms with Crippen LogP contribution >= 0.6 is 11.3 Å². The molecule has 0 amide bonds. The highest BCUT2D eigenvalue weighted by Crippen LogP contribution is 2.28. The summed E-state index contributed by atoms with van der Waals surface area (Å²) in [6.45, 7) is 3.96. The number of carboxylic acids is 1. The van der Waals surface area contributed by atoms with Gasteiger partial charge in [-0.1, -0.05) is 37.6 Å². The Labute approximate surface area is 110 Å². The Morgan fingerprint density at radius 3 is 2.56 bits per heavy atom. The van der Waals surface area contributed by atoms with Crippen molar-refractivity contribution in [3.05, 3.63) is 39.7 Å². The minimum Gasteiger partial charge on any atom is -0.477 e. The second-order valence-corrected chi connectivity index (χ2v) is 5.37. The molecular formula is C14H15NO2S. The summed E-state index contributed by atoms with van der Waals surface area (Å²) in [4.78, 5) is 15.8. The van der Waals surface area contributed by atoms with Crippen LogP contribution in [0.15, 0.2) is 24.3 Å². The molecule has 0 aliphatic carbocycles. The molecule has 0 bridgehead atoms. The Morgan fingerprint density at radius 1 is 1.33 bits per heavy atom. The molecule has 0 aliphatic heterocycles. The molecule has 2 aromatic rings. The summed E-state index contributed by atoms with van der Waals surface area (Å²) in [7, 11) is 0. The predicted molar refractivity (Wildman–Crippen MR) is 73.2 cm³/mol. The van der Waals surface area contributed by atoms with E-state index < -0.39 is 5.97 Å². The lowest BCUT2D eigenvalue weighted by Crippen LogP contribution is -1.95. The fourth-order valence-electron chi connectivity index (χ4n) is 1.89. The lowest BCUT2D eigenvalue weighted by molar-refractivity contribution is 0.0702. The van der Waals surface area contributed by atoms with E-state index in [9.17, 15) is 4.79 Å². The Kier molecular flexibility index (Phi) is 3.77. The third-order valence-corrected chi connectivity index (χ3v) is 3.65. The maximum atomic E-state index is 11.1. The van der Waals surface area contributed by atoms with Crippen molar-refractivity contribution in [2.24, 2.45) is 0 Å². The first kappa shape index (κ1) is 12.8. The molecule has 0 fully saturated rings. The van der Waals surface area contributed by atoms with Gasteiger partial charge >= 0.3 is 5.97 Å². The number of rotatable bonds is 4. The lowest BCUT2D eigenvalue weighted by atomic mass is 10.1. The van der Waals surface area contributed by atoms with Crippen LogP contribution in [0.5, 0.6) is 0 Å². The van der Waals surface area contributed by atoms with E-state index in [0.717, 1.165) is 23.4 Å². The Balaban J connectivity index is 2.39. The first-order chi connectivity index (χ1) is 8.61. The molecule has 0 unspecified atom stereocenters. The molecule has 1 aromatic heterocycles. The molecule has 4 heteroatoms. The van der Waals surface area contributed by atoms with Crippen molar-refractivity contribution in [3.8, 4) is 11.3 Å². The number of aromatic nitrogens is 1. The minimum atomic E-state index is -0.909. The average Bonchev–Trinajstić information content (AvgIpc) is 2.73. The molecule has 1 heterocycles. The quantitative estimate of drug-likeness (QED) is 0.911. The first-order valence-electron chi connectivity index (χ1n) is 5.92. The van der Waals surface area contributed by atoms with Crippen LogP contribution in [-0.2, 0) is 6.42 Å². The smallest absolute Gasteiger partial charge is 0.348 e. The van der Waals surface area contributed by atoms with Crippen molar-refractivity contribution >= 4 is 17.3 Å². The van der Waals surface area contributed by atoms with Gasteiger partial charge in [-0.05, 0) is 18.9 Å². The standard InChI is InChI=1S/C14H15NO2S/c1-3-4-10-5-7-11(8-6-10)12-13(14(16)17)18-9(2)15-12/h5-8H,3-4H2,1-2H3,(H,16,17). The molecule has 1 N–H and O–H groups in total. The van der Waals surface area contributed by atoms with Gasteiger partial charge in [-0.25, -0.2) is 9.78 Å². The van der Waals surface area contributed by atoms with Crippen molar-refractivity contribution < 1.29 is 9.90 Å². The number of nitrogens with zero attached hydrogens (tertiary/aromatic N) is 1. The van der Waals surface area contributed by atoms with Crippen LogP contribution < -0.4 is 0 Å². The fraction of sp³-hybridized carbons (Fsp3) is 0.286. The number of aromatic carboxylic acids is 1. The van der Waals surface area contributed by atoms with Crippen LogP contribution in [0.3, 0.4) is 0 Å². The molecule has 0 radical (unpaired) electrons. The minimum absolute atomic E-state index is 0.316. The van der Waals surface area contributed by atoms with Crippen LogP contribution in [0.4, 0.5) is 0 Å². The molecular weight excluding hydrogens is 246 g/mol. The molecule has 18 heavy (non-hydrogen) atoms. The topological polar surface area (TPSA) is 50.2 Å². The number of benzene rings is 1. The number of carboxylic acid groups (broad SMARTS) is 1. The number of carbonyl (C=O) groups is 1. The number of hydrogen-bond donors (Lipinski definition) is 1. The van der Waals surface area contributed by atoms with Gasteiger partial charge in [0.15, 0.2) is 0 Å². The lowest BCUT2D eigenvalue weighted by Gasteiger charge is -2.02. The second kappa shape index (κ2) is 5.31. The van der Waals surface area contributed by atoms with Crippen molar-refractivity contribution in [1.82, 2.24) is 4.98 Å². The zero-order chi connectivity index (χ0) is 13.1. The van der Waals surface area contributed by atoms with Crippen molar-refractivity contribution in [1.29, 1.82) is 0 Å². The monoisotopic (exact) mass is 261 g/mol. The highest BCUT2D eigenvalue weighted by Gasteiger charge is 2.16. The van der Waals surface area contributed by atoms with E-state index in [4.69, 9.17) is 5.11 Å². The Bertz CT molecular complexity index is 558. The summed E-state index contributed by atoms with van der Waals surface area (Å²) in [5.41, 5.74) is 2.72. The molecule has 0 aliphatic rings. The van der Waals surface area contributed by atoms with Crippen molar-refractivity contribution in [2.75, 3.05) is 0 Å². The van der Waals surface area contributed by atoms with E-state index in [-0.39, 0.29) is 0 Å². The van der Waals surface area contributed by atoms with E-state index in [2.05, 4.69) is 11.9 Å². The van der Waals surface area contributed by atoms with Crippen molar-refractivity contribution in [2.45, 2.75) is 26.7 Å². The van der Waals surface area contributed by atoms with Gasteiger partial charge in [0.05, 0.1) is 10.7 Å². The maximum Gasteiger partial charge on any atom is 0.348 e. The summed E-state index contributed by atoms with van der Waals surface area (Å²) in [5, 5.41) is 9.93. The molecule has 3 nitrogen and oxygen atoms in total. The molecule has 0 saturated heterocycles. The first-order valence-corrected chi connectivity index (χ1v) is 6.73. The summed E-state index contributed by atoms with van der Waals surface area (Å²) in [6.07, 6.45) is 2.15. The molecule has 1 aromatic carbocycles. The highest BCUT2D eigenvalue weighted by molar-refractivity contribution is 7.14. The SMILES string of the molecule is CCCc1ccc(-c2nc(C)sc2C(=O)O)cc1. The molecule has 2 rings (SSSR count). The number of aryl methyl sites for hydroxylation is 2. The van der Waals surface area contributed by atoms with Gasteiger partial charge in [0.25, 0.3) is 0 Å². The van der Waals surface area contributed by atoms with Crippen LogP contribution in [0.1, 0.15) is 33.6 Å². The zero-order valence-electron chi connectivity index (χ0n) is 10.4. The third-order valence-electron chi connectivity index (χ3n) is 2.69. The summed E-state index contributed by atoms with van der Waals surface area (Å²) < 4.78 is 0. The Hall–Kier alpha value is -1.68. The highest BCUT2D eigenvalue weighted by atomic mass is 32.1. The zero-order valence-corrected chi connectivity index (χ0v) is 11.3. The van der Waals surface area contributed by atoms with Gasteiger partial charge in [-0.15, -0.1) is 11.3 Å². The molecule has 0 spiro atoms. The number of hydrogen-bond acceptors (Lipinski definition) is 3. The summed E-state index contributed by atoms with van der Waals surface area (Å²) in [6, 6.07) is 7.98. The van der Waals surface area contributed by atoms with E-state index in [1.165, 1.54) is 16.9 Å². The summed E-state index contributed by atoms with van der Waals surface area (Å²) in [5.74, 6) is -0.909. The fourth-order valence-corrected chi connectivity index (χ4v) is 2.67. The second-order valence-electron chi connectivity index (χ2n) is 4.16. The van der Waals surface area contributed by atoms with Crippen molar-refractivity contribution in [3.63, 3.8) is 0 Å². The molecule has 0 saturated carbocycles. The third kappa shape index (κ3) is 2.59. The maximum absolute atomic E-state index is 11.1. The van der Waals surface area contributed by atoms with Gasteiger partial charge in [0, 0.05) is 5.56 Å². The number of thiazole rings is 1. The molecule has 0 atom stereocenters. The van der Waals surface area contributed by atoms with Crippen LogP contribution in [0.2, 0.25) is 0 Å². The van der Waals surface area contributed by atoms with E-state index >= 15 is 0 Å². The molecule has 94 valence electrons. The van der Waals surface area contributed by atoms with Gasteiger partial charge < -0.3 is 5.11 Å². The largest absolute Gasteiger partial charge is 0.477 e. The normalized spacial score (nSPS) is 10.6. The average molecular weight is 261 g/mol. The van der Waals surface area contributed by atoms with E-state index in [1.54, 1.807) is 0 Å². The van der Waals surface area contributed by atoms with E-state index in [0.29, 0.717) is 10.6 Å². The van der Waals surface area contributed by atoms with Crippen LogP contribution in [-0.4, -0.2) is 16.1 Å².